The van der Waals surface area contributed by atoms with E-state index in [2.05, 4.69) is 36.5 Å². The Balaban J connectivity index is 0.00000312. The summed E-state index contributed by atoms with van der Waals surface area (Å²) in [6.45, 7) is 8.15. The third-order valence-electron chi connectivity index (χ3n) is 3.59. The molecule has 0 aliphatic rings. The fourth-order valence-corrected chi connectivity index (χ4v) is 2.32. The minimum atomic E-state index is -0.353. The van der Waals surface area contributed by atoms with Gasteiger partial charge in [0, 0.05) is 13.1 Å². The molecule has 2 rings (SSSR count). The fraction of sp³-hybridized carbons (Fsp3) is 0.400. The van der Waals surface area contributed by atoms with E-state index in [-0.39, 0.29) is 18.5 Å². The highest BCUT2D eigenvalue weighted by Gasteiger charge is 2.07. The number of hydrogen-bond acceptors (Lipinski definition) is 4. The minimum absolute atomic E-state index is 0. The van der Waals surface area contributed by atoms with Crippen LogP contribution in [0.2, 0.25) is 0 Å². The van der Waals surface area contributed by atoms with Crippen molar-refractivity contribution in [1.29, 1.82) is 0 Å². The smallest absolute Gasteiger partial charge is 0.161 e. The van der Waals surface area contributed by atoms with Crippen LogP contribution in [0.25, 0.3) is 0 Å². The van der Waals surface area contributed by atoms with Gasteiger partial charge in [-0.3, -0.25) is 0 Å². The summed E-state index contributed by atoms with van der Waals surface area (Å²) in [5.74, 6) is 1.50. The molecule has 0 saturated heterocycles. The van der Waals surface area contributed by atoms with Gasteiger partial charge in [0.1, 0.15) is 6.61 Å². The molecule has 4 nitrogen and oxygen atoms in total. The van der Waals surface area contributed by atoms with Gasteiger partial charge in [-0.25, -0.2) is 0 Å². The standard InChI is InChI=1S/C20H27NO3.ClH/c1-4-23-20-11-18(13-21-12-16(3)22)9-10-19(20)24-14-17-7-5-15(2)6-8-17;/h5-11,16,21-22H,4,12-14H2,1-3H3;1H. The highest BCUT2D eigenvalue weighted by Crippen LogP contribution is 2.29. The Kier molecular flexibility index (Phi) is 9.35. The van der Waals surface area contributed by atoms with E-state index >= 15 is 0 Å². The molecular formula is C20H28ClNO3. The maximum atomic E-state index is 9.30. The zero-order valence-corrected chi connectivity index (χ0v) is 15.9. The van der Waals surface area contributed by atoms with Crippen molar-refractivity contribution in [1.82, 2.24) is 5.32 Å². The lowest BCUT2D eigenvalue weighted by Crippen LogP contribution is -2.23. The van der Waals surface area contributed by atoms with Crippen LogP contribution in [0.15, 0.2) is 42.5 Å². The highest BCUT2D eigenvalue weighted by molar-refractivity contribution is 5.85. The van der Waals surface area contributed by atoms with Crippen molar-refractivity contribution in [3.8, 4) is 11.5 Å². The number of halogens is 1. The molecule has 0 heterocycles. The first kappa shape index (κ1) is 21.3. The van der Waals surface area contributed by atoms with Gasteiger partial charge in [-0.2, -0.15) is 0 Å². The molecule has 0 radical (unpaired) electrons. The maximum Gasteiger partial charge on any atom is 0.161 e. The van der Waals surface area contributed by atoms with Crippen molar-refractivity contribution in [2.75, 3.05) is 13.2 Å². The average Bonchev–Trinajstić information content (AvgIpc) is 2.55. The summed E-state index contributed by atoms with van der Waals surface area (Å²) in [5.41, 5.74) is 3.47. The van der Waals surface area contributed by atoms with Crippen LogP contribution < -0.4 is 14.8 Å². The minimum Gasteiger partial charge on any atom is -0.490 e. The number of aryl methyl sites for hydroxylation is 1. The number of aliphatic hydroxyl groups excluding tert-OH is 1. The zero-order chi connectivity index (χ0) is 17.4. The van der Waals surface area contributed by atoms with Gasteiger partial charge in [-0.15, -0.1) is 12.4 Å². The van der Waals surface area contributed by atoms with Gasteiger partial charge in [0.25, 0.3) is 0 Å². The lowest BCUT2D eigenvalue weighted by atomic mass is 10.1. The van der Waals surface area contributed by atoms with Crippen LogP contribution in [0.3, 0.4) is 0 Å². The Bertz CT molecular complexity index is 629. The molecule has 0 amide bonds. The van der Waals surface area contributed by atoms with Crippen molar-refractivity contribution in [3.63, 3.8) is 0 Å². The van der Waals surface area contributed by atoms with Crippen molar-refractivity contribution in [3.05, 3.63) is 59.2 Å². The molecule has 0 aliphatic heterocycles. The Morgan fingerprint density at radius 1 is 1.00 bits per heavy atom. The SMILES string of the molecule is CCOc1cc(CNCC(C)O)ccc1OCc1ccc(C)cc1.Cl. The number of ether oxygens (including phenoxy) is 2. The van der Waals surface area contributed by atoms with E-state index in [4.69, 9.17) is 9.47 Å². The van der Waals surface area contributed by atoms with E-state index in [9.17, 15) is 5.11 Å². The van der Waals surface area contributed by atoms with Crippen molar-refractivity contribution in [2.24, 2.45) is 0 Å². The Morgan fingerprint density at radius 3 is 2.32 bits per heavy atom. The van der Waals surface area contributed by atoms with Gasteiger partial charge in [-0.05, 0) is 44.0 Å². The van der Waals surface area contributed by atoms with E-state index < -0.39 is 0 Å². The number of benzene rings is 2. The Labute approximate surface area is 156 Å². The number of nitrogens with one attached hydrogen (secondary N) is 1. The largest absolute Gasteiger partial charge is 0.490 e. The lowest BCUT2D eigenvalue weighted by molar-refractivity contribution is 0.191. The average molecular weight is 366 g/mol. The summed E-state index contributed by atoms with van der Waals surface area (Å²) in [4.78, 5) is 0. The quantitative estimate of drug-likeness (QED) is 0.708. The van der Waals surface area contributed by atoms with Crippen LogP contribution in [0.1, 0.15) is 30.5 Å². The summed E-state index contributed by atoms with van der Waals surface area (Å²) in [7, 11) is 0. The van der Waals surface area contributed by atoms with E-state index in [0.717, 1.165) is 22.6 Å². The van der Waals surface area contributed by atoms with Crippen LogP contribution in [0.5, 0.6) is 11.5 Å². The molecular weight excluding hydrogens is 338 g/mol. The van der Waals surface area contributed by atoms with Crippen molar-refractivity contribution >= 4 is 12.4 Å². The van der Waals surface area contributed by atoms with E-state index in [1.54, 1.807) is 6.92 Å². The van der Waals surface area contributed by atoms with E-state index in [1.165, 1.54) is 5.56 Å². The molecule has 0 spiro atoms. The summed E-state index contributed by atoms with van der Waals surface area (Å²) < 4.78 is 11.6. The van der Waals surface area contributed by atoms with Crippen LogP contribution in [0.4, 0.5) is 0 Å². The normalized spacial score (nSPS) is 11.5. The van der Waals surface area contributed by atoms with E-state index in [0.29, 0.717) is 26.3 Å². The van der Waals surface area contributed by atoms with Gasteiger partial charge in [0.2, 0.25) is 0 Å². The van der Waals surface area contributed by atoms with E-state index in [1.807, 2.05) is 25.1 Å². The van der Waals surface area contributed by atoms with Gasteiger partial charge < -0.3 is 19.9 Å². The van der Waals surface area contributed by atoms with Crippen LogP contribution >= 0.6 is 12.4 Å². The molecule has 0 aliphatic carbocycles. The molecule has 0 aromatic heterocycles. The summed E-state index contributed by atoms with van der Waals surface area (Å²) >= 11 is 0. The third-order valence-corrected chi connectivity index (χ3v) is 3.59. The number of aliphatic hydroxyl groups is 1. The Morgan fingerprint density at radius 2 is 1.68 bits per heavy atom. The molecule has 0 bridgehead atoms. The predicted molar refractivity (Wildman–Crippen MR) is 104 cm³/mol. The summed E-state index contributed by atoms with van der Waals surface area (Å²) in [6.07, 6.45) is -0.353. The molecule has 5 heteroatoms. The van der Waals surface area contributed by atoms with Gasteiger partial charge in [0.05, 0.1) is 12.7 Å². The second-order valence-corrected chi connectivity index (χ2v) is 5.97. The van der Waals surface area contributed by atoms with Crippen LogP contribution in [0, 0.1) is 6.92 Å². The van der Waals surface area contributed by atoms with Gasteiger partial charge in [0.15, 0.2) is 11.5 Å². The second-order valence-electron chi connectivity index (χ2n) is 5.97. The first-order valence-corrected chi connectivity index (χ1v) is 8.41. The second kappa shape index (κ2) is 11.0. The molecule has 2 aromatic carbocycles. The molecule has 2 N–H and O–H groups in total. The highest BCUT2D eigenvalue weighted by atomic mass is 35.5. The maximum absolute atomic E-state index is 9.30. The predicted octanol–water partition coefficient (Wildman–Crippen LogP) is 3.86. The molecule has 1 atom stereocenters. The fourth-order valence-electron chi connectivity index (χ4n) is 2.32. The third kappa shape index (κ3) is 7.34. The monoisotopic (exact) mass is 365 g/mol. The van der Waals surface area contributed by atoms with Crippen LogP contribution in [-0.4, -0.2) is 24.4 Å². The van der Waals surface area contributed by atoms with Gasteiger partial charge in [-0.1, -0.05) is 35.9 Å². The zero-order valence-electron chi connectivity index (χ0n) is 15.1. The van der Waals surface area contributed by atoms with Gasteiger partial charge >= 0.3 is 0 Å². The summed E-state index contributed by atoms with van der Waals surface area (Å²) in [5, 5.41) is 12.5. The van der Waals surface area contributed by atoms with Crippen LogP contribution in [-0.2, 0) is 13.2 Å². The molecule has 0 saturated carbocycles. The number of hydrogen-bond donors (Lipinski definition) is 2. The topological polar surface area (TPSA) is 50.7 Å². The Hall–Kier alpha value is -1.75. The molecule has 0 fully saturated rings. The number of rotatable bonds is 9. The molecule has 2 aromatic rings. The molecule has 138 valence electrons. The summed E-state index contributed by atoms with van der Waals surface area (Å²) in [6, 6.07) is 14.3. The first-order chi connectivity index (χ1) is 11.6. The first-order valence-electron chi connectivity index (χ1n) is 8.41. The molecule has 25 heavy (non-hydrogen) atoms. The lowest BCUT2D eigenvalue weighted by Gasteiger charge is -2.14. The van der Waals surface area contributed by atoms with Crippen molar-refractivity contribution in [2.45, 2.75) is 40.0 Å². The van der Waals surface area contributed by atoms with Crippen molar-refractivity contribution < 1.29 is 14.6 Å². The molecule has 1 unspecified atom stereocenters.